The topological polar surface area (TPSA) is 27.1 Å². The minimum atomic E-state index is -0.385. The SMILES string of the molecule is Fc1cccc(Cl)c1-c1nccn1-c1cccc2c1CCO2. The third-order valence-electron chi connectivity index (χ3n) is 3.80. The van der Waals surface area contributed by atoms with E-state index in [0.29, 0.717) is 23.0 Å². The van der Waals surface area contributed by atoms with Crippen LogP contribution in [-0.4, -0.2) is 16.2 Å². The molecule has 110 valence electrons. The van der Waals surface area contributed by atoms with Crippen molar-refractivity contribution >= 4 is 11.6 Å². The lowest BCUT2D eigenvalue weighted by atomic mass is 10.1. The number of hydrogen-bond donors (Lipinski definition) is 0. The Kier molecular flexibility index (Phi) is 3.12. The van der Waals surface area contributed by atoms with E-state index < -0.39 is 0 Å². The van der Waals surface area contributed by atoms with Gasteiger partial charge in [0.25, 0.3) is 0 Å². The fourth-order valence-electron chi connectivity index (χ4n) is 2.82. The zero-order valence-corrected chi connectivity index (χ0v) is 12.3. The minimum Gasteiger partial charge on any atom is -0.493 e. The van der Waals surface area contributed by atoms with Gasteiger partial charge in [0.15, 0.2) is 0 Å². The second-order valence-corrected chi connectivity index (χ2v) is 5.48. The first-order valence-corrected chi connectivity index (χ1v) is 7.36. The molecule has 2 aromatic carbocycles. The van der Waals surface area contributed by atoms with Crippen LogP contribution in [0, 0.1) is 5.82 Å². The summed E-state index contributed by atoms with van der Waals surface area (Å²) in [5.74, 6) is 0.976. The summed E-state index contributed by atoms with van der Waals surface area (Å²) in [6.45, 7) is 0.664. The molecule has 3 aromatic rings. The molecule has 0 saturated carbocycles. The van der Waals surface area contributed by atoms with Crippen molar-refractivity contribution in [2.45, 2.75) is 6.42 Å². The van der Waals surface area contributed by atoms with Gasteiger partial charge in [0.05, 0.1) is 22.9 Å². The molecule has 1 aliphatic rings. The number of benzene rings is 2. The molecule has 5 heteroatoms. The molecule has 0 N–H and O–H groups in total. The first-order chi connectivity index (χ1) is 10.8. The van der Waals surface area contributed by atoms with Crippen molar-refractivity contribution in [3.63, 3.8) is 0 Å². The average molecular weight is 315 g/mol. The van der Waals surface area contributed by atoms with Gasteiger partial charge in [-0.05, 0) is 24.3 Å². The van der Waals surface area contributed by atoms with E-state index in [1.807, 2.05) is 29.0 Å². The summed E-state index contributed by atoms with van der Waals surface area (Å²) < 4.78 is 21.7. The molecule has 0 radical (unpaired) electrons. The molecule has 0 fully saturated rings. The van der Waals surface area contributed by atoms with Crippen molar-refractivity contribution in [2.75, 3.05) is 6.61 Å². The van der Waals surface area contributed by atoms with E-state index in [-0.39, 0.29) is 5.82 Å². The van der Waals surface area contributed by atoms with Gasteiger partial charge < -0.3 is 4.74 Å². The quantitative estimate of drug-likeness (QED) is 0.706. The van der Waals surface area contributed by atoms with Crippen molar-refractivity contribution < 1.29 is 9.13 Å². The Morgan fingerprint density at radius 2 is 2.05 bits per heavy atom. The standard InChI is InChI=1S/C17H12ClFN2O/c18-12-3-1-4-13(19)16(12)17-20-8-9-21(17)14-5-2-6-15-11(14)7-10-22-15/h1-6,8-9H,7,10H2. The van der Waals surface area contributed by atoms with E-state index in [9.17, 15) is 4.39 Å². The molecule has 0 bridgehead atoms. The Hall–Kier alpha value is -2.33. The summed E-state index contributed by atoms with van der Waals surface area (Å²) in [4.78, 5) is 4.31. The highest BCUT2D eigenvalue weighted by Gasteiger charge is 2.21. The Morgan fingerprint density at radius 3 is 2.91 bits per heavy atom. The maximum Gasteiger partial charge on any atom is 0.148 e. The second-order valence-electron chi connectivity index (χ2n) is 5.07. The molecule has 3 nitrogen and oxygen atoms in total. The third-order valence-corrected chi connectivity index (χ3v) is 4.12. The van der Waals surface area contributed by atoms with Crippen LogP contribution in [0.2, 0.25) is 5.02 Å². The summed E-state index contributed by atoms with van der Waals surface area (Å²) in [5.41, 5.74) is 2.36. The van der Waals surface area contributed by atoms with E-state index >= 15 is 0 Å². The minimum absolute atomic E-state index is 0.311. The summed E-state index contributed by atoms with van der Waals surface area (Å²) in [6.07, 6.45) is 4.29. The van der Waals surface area contributed by atoms with Crippen LogP contribution in [0.15, 0.2) is 48.8 Å². The van der Waals surface area contributed by atoms with Crippen LogP contribution in [0.1, 0.15) is 5.56 Å². The highest BCUT2D eigenvalue weighted by molar-refractivity contribution is 6.33. The van der Waals surface area contributed by atoms with Crippen molar-refractivity contribution in [3.8, 4) is 22.8 Å². The molecule has 0 unspecified atom stereocenters. The molecular formula is C17H12ClFN2O. The van der Waals surface area contributed by atoms with Crippen LogP contribution in [0.5, 0.6) is 5.75 Å². The van der Waals surface area contributed by atoms with Crippen molar-refractivity contribution in [1.29, 1.82) is 0 Å². The van der Waals surface area contributed by atoms with Crippen LogP contribution >= 0.6 is 11.6 Å². The maximum absolute atomic E-state index is 14.2. The lowest BCUT2D eigenvalue weighted by molar-refractivity contribution is 0.357. The fourth-order valence-corrected chi connectivity index (χ4v) is 3.07. The van der Waals surface area contributed by atoms with Crippen LogP contribution in [0.4, 0.5) is 4.39 Å². The van der Waals surface area contributed by atoms with E-state index in [0.717, 1.165) is 23.4 Å². The molecular weight excluding hydrogens is 303 g/mol. The number of imidazole rings is 1. The molecule has 4 rings (SSSR count). The number of rotatable bonds is 2. The van der Waals surface area contributed by atoms with Crippen molar-refractivity contribution in [3.05, 3.63) is 65.2 Å². The molecule has 1 aliphatic heterocycles. The third kappa shape index (κ3) is 1.99. The van der Waals surface area contributed by atoms with Gasteiger partial charge in [-0.15, -0.1) is 0 Å². The Labute approximate surface area is 131 Å². The van der Waals surface area contributed by atoms with Gasteiger partial charge in [0.2, 0.25) is 0 Å². The summed E-state index contributed by atoms with van der Waals surface area (Å²) in [6, 6.07) is 10.5. The van der Waals surface area contributed by atoms with Gasteiger partial charge in [-0.1, -0.05) is 23.7 Å². The molecule has 0 amide bonds. The van der Waals surface area contributed by atoms with Gasteiger partial charge in [-0.25, -0.2) is 9.37 Å². The molecule has 0 spiro atoms. The van der Waals surface area contributed by atoms with Crippen LogP contribution < -0.4 is 4.74 Å². The second kappa shape index (κ2) is 5.14. The zero-order chi connectivity index (χ0) is 15.1. The molecule has 0 aliphatic carbocycles. The summed E-state index contributed by atoms with van der Waals surface area (Å²) in [5, 5.41) is 0.344. The molecule has 1 aromatic heterocycles. The maximum atomic E-state index is 14.2. The van der Waals surface area contributed by atoms with Gasteiger partial charge in [0, 0.05) is 24.4 Å². The lowest BCUT2D eigenvalue weighted by Crippen LogP contribution is -2.01. The number of nitrogens with zero attached hydrogens (tertiary/aromatic N) is 2. The predicted molar refractivity (Wildman–Crippen MR) is 83.2 cm³/mol. The first kappa shape index (κ1) is 13.3. The Bertz CT molecular complexity index is 839. The van der Waals surface area contributed by atoms with Crippen molar-refractivity contribution in [2.24, 2.45) is 0 Å². The normalized spacial score (nSPS) is 13.0. The van der Waals surface area contributed by atoms with E-state index in [2.05, 4.69) is 4.98 Å². The smallest absolute Gasteiger partial charge is 0.148 e. The number of ether oxygens (including phenoxy) is 1. The van der Waals surface area contributed by atoms with Crippen molar-refractivity contribution in [1.82, 2.24) is 9.55 Å². The predicted octanol–water partition coefficient (Wildman–Crippen LogP) is 4.27. The van der Waals surface area contributed by atoms with Gasteiger partial charge in [-0.3, -0.25) is 4.57 Å². The number of hydrogen-bond acceptors (Lipinski definition) is 2. The largest absolute Gasteiger partial charge is 0.493 e. The highest BCUT2D eigenvalue weighted by atomic mass is 35.5. The zero-order valence-electron chi connectivity index (χ0n) is 11.6. The van der Waals surface area contributed by atoms with E-state index in [1.165, 1.54) is 6.07 Å². The Balaban J connectivity index is 1.94. The number of fused-ring (bicyclic) bond motifs is 1. The fraction of sp³-hybridized carbons (Fsp3) is 0.118. The lowest BCUT2D eigenvalue weighted by Gasteiger charge is -2.13. The average Bonchev–Trinajstić information content (AvgIpc) is 3.15. The first-order valence-electron chi connectivity index (χ1n) is 6.98. The monoisotopic (exact) mass is 314 g/mol. The van der Waals surface area contributed by atoms with Gasteiger partial charge >= 0.3 is 0 Å². The highest BCUT2D eigenvalue weighted by Crippen LogP contribution is 2.35. The number of aromatic nitrogens is 2. The number of halogens is 2. The summed E-state index contributed by atoms with van der Waals surface area (Å²) >= 11 is 6.18. The molecule has 0 saturated heterocycles. The van der Waals surface area contributed by atoms with Gasteiger partial charge in [-0.2, -0.15) is 0 Å². The van der Waals surface area contributed by atoms with Crippen LogP contribution in [0.3, 0.4) is 0 Å². The summed E-state index contributed by atoms with van der Waals surface area (Å²) in [7, 11) is 0. The van der Waals surface area contributed by atoms with E-state index in [1.54, 1.807) is 18.3 Å². The Morgan fingerprint density at radius 1 is 1.18 bits per heavy atom. The molecule has 2 heterocycles. The van der Waals surface area contributed by atoms with Gasteiger partial charge in [0.1, 0.15) is 17.4 Å². The molecule has 22 heavy (non-hydrogen) atoms. The van der Waals surface area contributed by atoms with Crippen LogP contribution in [-0.2, 0) is 6.42 Å². The van der Waals surface area contributed by atoms with E-state index in [4.69, 9.17) is 16.3 Å². The van der Waals surface area contributed by atoms with Crippen LogP contribution in [0.25, 0.3) is 17.1 Å². The molecule has 0 atom stereocenters.